The highest BCUT2D eigenvalue weighted by molar-refractivity contribution is 5.14. The zero-order valence-corrected chi connectivity index (χ0v) is 8.88. The molecule has 0 unspecified atom stereocenters. The Hall–Kier alpha value is -1.11. The van der Waals surface area contributed by atoms with Crippen molar-refractivity contribution in [2.45, 2.75) is 32.1 Å². The highest BCUT2D eigenvalue weighted by Gasteiger charge is 2.40. The number of aromatic nitrogens is 3. The molecular weight excluding hydrogens is 221 g/mol. The highest BCUT2D eigenvalue weighted by Crippen LogP contribution is 2.35. The largest absolute Gasteiger partial charge is 0.434 e. The Labute approximate surface area is 90.8 Å². The molecule has 0 aliphatic heterocycles. The van der Waals surface area contributed by atoms with Gasteiger partial charge in [0.15, 0.2) is 5.69 Å². The third-order valence-electron chi connectivity index (χ3n) is 2.55. The van der Waals surface area contributed by atoms with E-state index < -0.39 is 11.9 Å². The summed E-state index contributed by atoms with van der Waals surface area (Å²) in [7, 11) is 1.58. The van der Waals surface area contributed by atoms with Gasteiger partial charge in [-0.05, 0) is 25.8 Å². The minimum absolute atomic E-state index is 0.0318. The molecule has 0 aromatic carbocycles. The molecule has 1 N–H and O–H groups in total. The van der Waals surface area contributed by atoms with E-state index >= 15 is 0 Å². The molecule has 1 aliphatic rings. The minimum atomic E-state index is -4.38. The Kier molecular flexibility index (Phi) is 2.88. The van der Waals surface area contributed by atoms with Crippen molar-refractivity contribution in [1.82, 2.24) is 20.3 Å². The van der Waals surface area contributed by atoms with E-state index in [2.05, 4.69) is 15.6 Å². The van der Waals surface area contributed by atoms with Crippen molar-refractivity contribution in [3.63, 3.8) is 0 Å². The standard InChI is InChI=1S/C9H13F3N4/c1-13-4-7-8(9(10,11)12)16(15-14-7)5-6-2-3-6/h6,13H,2-5H2,1H3. The van der Waals surface area contributed by atoms with Crippen LogP contribution in [0.4, 0.5) is 13.2 Å². The summed E-state index contributed by atoms with van der Waals surface area (Å²) in [6.07, 6.45) is -2.42. The number of halogens is 3. The fourth-order valence-corrected chi connectivity index (χ4v) is 1.62. The van der Waals surface area contributed by atoms with Crippen LogP contribution < -0.4 is 5.32 Å². The van der Waals surface area contributed by atoms with Crippen LogP contribution in [0.15, 0.2) is 0 Å². The molecule has 2 rings (SSSR count). The molecule has 1 fully saturated rings. The Morgan fingerprint density at radius 1 is 1.44 bits per heavy atom. The normalized spacial score (nSPS) is 16.8. The van der Waals surface area contributed by atoms with Gasteiger partial charge in [0.2, 0.25) is 0 Å². The molecule has 1 aliphatic carbocycles. The van der Waals surface area contributed by atoms with E-state index in [9.17, 15) is 13.2 Å². The predicted molar refractivity (Wildman–Crippen MR) is 50.5 cm³/mol. The second kappa shape index (κ2) is 4.04. The summed E-state index contributed by atoms with van der Waals surface area (Å²) in [4.78, 5) is 0. The van der Waals surface area contributed by atoms with E-state index in [0.29, 0.717) is 12.5 Å². The average molecular weight is 234 g/mol. The van der Waals surface area contributed by atoms with E-state index in [1.807, 2.05) is 0 Å². The highest BCUT2D eigenvalue weighted by atomic mass is 19.4. The summed E-state index contributed by atoms with van der Waals surface area (Å²) >= 11 is 0. The van der Waals surface area contributed by atoms with Crippen molar-refractivity contribution >= 4 is 0 Å². The first-order valence-electron chi connectivity index (χ1n) is 5.16. The predicted octanol–water partition coefficient (Wildman–Crippen LogP) is 1.43. The van der Waals surface area contributed by atoms with Crippen LogP contribution in [0.5, 0.6) is 0 Å². The molecule has 0 saturated heterocycles. The summed E-state index contributed by atoms with van der Waals surface area (Å²) in [5.74, 6) is 0.338. The second-order valence-electron chi connectivity index (χ2n) is 4.04. The van der Waals surface area contributed by atoms with Crippen molar-refractivity contribution in [2.75, 3.05) is 7.05 Å². The fourth-order valence-electron chi connectivity index (χ4n) is 1.62. The van der Waals surface area contributed by atoms with Gasteiger partial charge in [-0.3, -0.25) is 0 Å². The van der Waals surface area contributed by atoms with Gasteiger partial charge in [-0.2, -0.15) is 13.2 Å². The molecule has 4 nitrogen and oxygen atoms in total. The molecule has 16 heavy (non-hydrogen) atoms. The molecule has 0 bridgehead atoms. The van der Waals surface area contributed by atoms with Gasteiger partial charge in [0, 0.05) is 13.1 Å². The average Bonchev–Trinajstić information content (AvgIpc) is 2.86. The lowest BCUT2D eigenvalue weighted by Gasteiger charge is -2.10. The monoisotopic (exact) mass is 234 g/mol. The first-order valence-corrected chi connectivity index (χ1v) is 5.16. The minimum Gasteiger partial charge on any atom is -0.314 e. The van der Waals surface area contributed by atoms with E-state index in [-0.39, 0.29) is 12.2 Å². The van der Waals surface area contributed by atoms with E-state index in [0.717, 1.165) is 17.5 Å². The summed E-state index contributed by atoms with van der Waals surface area (Å²) in [5, 5.41) is 9.83. The molecular formula is C9H13F3N4. The van der Waals surface area contributed by atoms with Crippen LogP contribution in [-0.2, 0) is 19.3 Å². The van der Waals surface area contributed by atoms with Gasteiger partial charge in [0.25, 0.3) is 0 Å². The van der Waals surface area contributed by atoms with Crippen LogP contribution in [0.25, 0.3) is 0 Å². The lowest BCUT2D eigenvalue weighted by molar-refractivity contribution is -0.145. The fraction of sp³-hybridized carbons (Fsp3) is 0.778. The van der Waals surface area contributed by atoms with E-state index in [1.54, 1.807) is 7.05 Å². The maximum atomic E-state index is 12.8. The van der Waals surface area contributed by atoms with Gasteiger partial charge < -0.3 is 5.32 Å². The van der Waals surface area contributed by atoms with Gasteiger partial charge in [-0.25, -0.2) is 4.68 Å². The number of hydrogen-bond acceptors (Lipinski definition) is 3. The molecule has 90 valence electrons. The molecule has 7 heteroatoms. The van der Waals surface area contributed by atoms with Gasteiger partial charge >= 0.3 is 6.18 Å². The van der Waals surface area contributed by atoms with Crippen LogP contribution in [0.3, 0.4) is 0 Å². The molecule has 1 aromatic rings. The van der Waals surface area contributed by atoms with Crippen LogP contribution in [0, 0.1) is 5.92 Å². The van der Waals surface area contributed by atoms with Gasteiger partial charge in [-0.1, -0.05) is 5.21 Å². The SMILES string of the molecule is CNCc1nnn(CC2CC2)c1C(F)(F)F. The van der Waals surface area contributed by atoms with Crippen molar-refractivity contribution in [3.05, 3.63) is 11.4 Å². The zero-order valence-electron chi connectivity index (χ0n) is 8.88. The number of nitrogens with zero attached hydrogens (tertiary/aromatic N) is 3. The molecule has 1 aromatic heterocycles. The van der Waals surface area contributed by atoms with Crippen molar-refractivity contribution in [2.24, 2.45) is 5.92 Å². The maximum absolute atomic E-state index is 12.8. The Bertz CT molecular complexity index is 367. The van der Waals surface area contributed by atoms with Gasteiger partial charge in [0.05, 0.1) is 0 Å². The first-order chi connectivity index (χ1) is 7.52. The Morgan fingerprint density at radius 3 is 2.62 bits per heavy atom. The van der Waals surface area contributed by atoms with Gasteiger partial charge in [-0.15, -0.1) is 5.10 Å². The quantitative estimate of drug-likeness (QED) is 0.856. The van der Waals surface area contributed by atoms with Gasteiger partial charge in [0.1, 0.15) is 5.69 Å². The number of hydrogen-bond donors (Lipinski definition) is 1. The first kappa shape index (κ1) is 11.4. The maximum Gasteiger partial charge on any atom is 0.434 e. The Balaban J connectivity index is 2.28. The topological polar surface area (TPSA) is 42.7 Å². The second-order valence-corrected chi connectivity index (χ2v) is 4.04. The molecule has 0 amide bonds. The lowest BCUT2D eigenvalue weighted by Crippen LogP contribution is -2.19. The number of nitrogens with one attached hydrogen (secondary N) is 1. The Morgan fingerprint density at radius 2 is 2.12 bits per heavy atom. The van der Waals surface area contributed by atoms with Crippen LogP contribution in [0.1, 0.15) is 24.2 Å². The molecule has 0 radical (unpaired) electrons. The van der Waals surface area contributed by atoms with E-state index in [1.165, 1.54) is 0 Å². The molecule has 0 atom stereocenters. The lowest BCUT2D eigenvalue weighted by atomic mass is 10.3. The van der Waals surface area contributed by atoms with Crippen LogP contribution >= 0.6 is 0 Å². The summed E-state index contributed by atoms with van der Waals surface area (Å²) in [6, 6.07) is 0. The number of rotatable bonds is 4. The third kappa shape index (κ3) is 2.34. The van der Waals surface area contributed by atoms with E-state index in [4.69, 9.17) is 0 Å². The summed E-state index contributed by atoms with van der Waals surface area (Å²) < 4.78 is 39.4. The van der Waals surface area contributed by atoms with Crippen molar-refractivity contribution in [3.8, 4) is 0 Å². The smallest absolute Gasteiger partial charge is 0.314 e. The molecule has 1 saturated carbocycles. The number of alkyl halides is 3. The van der Waals surface area contributed by atoms with Crippen LogP contribution in [0.2, 0.25) is 0 Å². The zero-order chi connectivity index (χ0) is 11.8. The molecule has 1 heterocycles. The summed E-state index contributed by atoms with van der Waals surface area (Å²) in [5.41, 5.74) is -0.746. The molecule has 0 spiro atoms. The van der Waals surface area contributed by atoms with Crippen molar-refractivity contribution in [1.29, 1.82) is 0 Å². The van der Waals surface area contributed by atoms with Crippen molar-refractivity contribution < 1.29 is 13.2 Å². The summed E-state index contributed by atoms with van der Waals surface area (Å²) in [6.45, 7) is 0.408. The van der Waals surface area contributed by atoms with Crippen LogP contribution in [-0.4, -0.2) is 22.0 Å². The third-order valence-corrected chi connectivity index (χ3v) is 2.55.